The number of hydrogen-bond donors (Lipinski definition) is 1. The third-order valence-corrected chi connectivity index (χ3v) is 7.43. The molecule has 3 amide bonds. The molecule has 6 nitrogen and oxygen atoms in total. The van der Waals surface area contributed by atoms with Gasteiger partial charge in [-0.2, -0.15) is 13.2 Å². The monoisotopic (exact) mass is 658 g/mol. The second-order valence-electron chi connectivity index (χ2n) is 8.11. The van der Waals surface area contributed by atoms with Crippen molar-refractivity contribution in [2.24, 2.45) is 0 Å². The van der Waals surface area contributed by atoms with Crippen LogP contribution < -0.4 is 10.1 Å². The van der Waals surface area contributed by atoms with Crippen molar-refractivity contribution in [3.05, 3.63) is 96.8 Å². The highest BCUT2D eigenvalue weighted by Gasteiger charge is 2.37. The van der Waals surface area contributed by atoms with Gasteiger partial charge in [-0.25, -0.2) is 0 Å². The molecule has 0 spiro atoms. The number of rotatable bonds is 7. The Kier molecular flexibility index (Phi) is 8.95. The SMILES string of the molecule is O=C(CN1C(=O)S/C(=C\c2cc(Br)ccc2OCc2ccc(Cl)c(Cl)c2)C1=O)Nc1cccc(C(F)(F)F)c1. The summed E-state index contributed by atoms with van der Waals surface area (Å²) in [6.45, 7) is -0.520. The topological polar surface area (TPSA) is 75.7 Å². The zero-order chi connectivity index (χ0) is 28.3. The average Bonchev–Trinajstić information content (AvgIpc) is 3.12. The Morgan fingerprint density at radius 1 is 1.05 bits per heavy atom. The number of thioether (sulfide) groups is 1. The van der Waals surface area contributed by atoms with Crippen molar-refractivity contribution in [2.45, 2.75) is 12.8 Å². The second-order valence-corrected chi connectivity index (χ2v) is 10.8. The van der Waals surface area contributed by atoms with Gasteiger partial charge >= 0.3 is 6.18 Å². The highest BCUT2D eigenvalue weighted by Crippen LogP contribution is 2.35. The molecule has 1 aliphatic heterocycles. The van der Waals surface area contributed by atoms with Gasteiger partial charge in [-0.05, 0) is 71.9 Å². The fraction of sp³-hybridized carbons (Fsp3) is 0.115. The molecule has 0 bridgehead atoms. The van der Waals surface area contributed by atoms with E-state index in [-0.39, 0.29) is 17.2 Å². The van der Waals surface area contributed by atoms with Gasteiger partial charge in [0.15, 0.2) is 0 Å². The Labute approximate surface area is 243 Å². The molecule has 1 aliphatic rings. The number of benzene rings is 3. The number of nitrogens with one attached hydrogen (secondary N) is 1. The lowest BCUT2D eigenvalue weighted by Gasteiger charge is -2.14. The molecule has 1 saturated heterocycles. The number of imide groups is 1. The van der Waals surface area contributed by atoms with Crippen LogP contribution >= 0.6 is 50.9 Å². The van der Waals surface area contributed by atoms with Crippen molar-refractivity contribution in [3.63, 3.8) is 0 Å². The number of ether oxygens (including phenoxy) is 1. The van der Waals surface area contributed by atoms with Crippen molar-refractivity contribution < 1.29 is 32.3 Å². The quantitative estimate of drug-likeness (QED) is 0.260. The minimum Gasteiger partial charge on any atom is -0.488 e. The predicted molar refractivity (Wildman–Crippen MR) is 148 cm³/mol. The fourth-order valence-corrected chi connectivity index (χ4v) is 4.98. The molecule has 4 rings (SSSR count). The lowest BCUT2D eigenvalue weighted by atomic mass is 10.1. The van der Waals surface area contributed by atoms with Crippen LogP contribution in [0.5, 0.6) is 5.75 Å². The molecule has 3 aromatic rings. The zero-order valence-electron chi connectivity index (χ0n) is 19.5. The molecule has 1 heterocycles. The number of anilines is 1. The zero-order valence-corrected chi connectivity index (χ0v) is 23.4. The van der Waals surface area contributed by atoms with E-state index < -0.39 is 35.3 Å². The van der Waals surface area contributed by atoms with Crippen molar-refractivity contribution in [1.82, 2.24) is 4.90 Å². The smallest absolute Gasteiger partial charge is 0.416 e. The second kappa shape index (κ2) is 12.0. The summed E-state index contributed by atoms with van der Waals surface area (Å²) in [4.78, 5) is 38.7. The van der Waals surface area contributed by atoms with Crippen molar-refractivity contribution in [3.8, 4) is 5.75 Å². The Morgan fingerprint density at radius 3 is 2.54 bits per heavy atom. The van der Waals surface area contributed by atoms with Crippen molar-refractivity contribution in [1.29, 1.82) is 0 Å². The Balaban J connectivity index is 1.47. The molecule has 0 aromatic heterocycles. The third-order valence-electron chi connectivity index (χ3n) is 5.29. The van der Waals surface area contributed by atoms with Gasteiger partial charge in [-0.15, -0.1) is 0 Å². The normalized spacial score (nSPS) is 14.7. The number of carbonyl (C=O) groups excluding carboxylic acids is 3. The van der Waals surface area contributed by atoms with Crippen LogP contribution in [0.15, 0.2) is 70.0 Å². The lowest BCUT2D eigenvalue weighted by Crippen LogP contribution is -2.36. The summed E-state index contributed by atoms with van der Waals surface area (Å²) in [6.07, 6.45) is -3.13. The summed E-state index contributed by atoms with van der Waals surface area (Å²) < 4.78 is 45.4. The number of nitrogens with zero attached hydrogens (tertiary/aromatic N) is 1. The van der Waals surface area contributed by atoms with E-state index in [1.54, 1.807) is 36.4 Å². The van der Waals surface area contributed by atoms with E-state index in [4.69, 9.17) is 27.9 Å². The summed E-state index contributed by atoms with van der Waals surface area (Å²) >= 11 is 16.0. The van der Waals surface area contributed by atoms with Crippen LogP contribution in [0.3, 0.4) is 0 Å². The summed E-state index contributed by atoms with van der Waals surface area (Å²) in [6, 6.07) is 14.2. The van der Waals surface area contributed by atoms with E-state index in [0.29, 0.717) is 42.5 Å². The van der Waals surface area contributed by atoms with Crippen molar-refractivity contribution >= 4 is 79.7 Å². The van der Waals surface area contributed by atoms with E-state index in [1.807, 2.05) is 0 Å². The molecule has 0 atom stereocenters. The maximum atomic E-state index is 12.9. The molecule has 0 saturated carbocycles. The highest BCUT2D eigenvalue weighted by molar-refractivity contribution is 9.10. The first kappa shape index (κ1) is 29.0. The van der Waals surface area contributed by atoms with Crippen molar-refractivity contribution in [2.75, 3.05) is 11.9 Å². The Hall–Kier alpha value is -2.99. The molecule has 1 N–H and O–H groups in total. The molecule has 13 heteroatoms. The largest absolute Gasteiger partial charge is 0.488 e. The third kappa shape index (κ3) is 7.36. The van der Waals surface area contributed by atoms with E-state index in [1.165, 1.54) is 12.1 Å². The maximum absolute atomic E-state index is 12.9. The molecular weight excluding hydrogens is 644 g/mol. The van der Waals surface area contributed by atoms with Gasteiger partial charge in [0.25, 0.3) is 11.1 Å². The van der Waals surface area contributed by atoms with Gasteiger partial charge in [0.1, 0.15) is 18.9 Å². The molecule has 0 aliphatic carbocycles. The van der Waals surface area contributed by atoms with E-state index in [2.05, 4.69) is 21.2 Å². The van der Waals surface area contributed by atoms with Crippen LogP contribution in [0, 0.1) is 0 Å². The summed E-state index contributed by atoms with van der Waals surface area (Å²) in [7, 11) is 0. The molecular formula is C26H16BrCl2F3N2O4S. The molecule has 3 aromatic carbocycles. The van der Waals surface area contributed by atoms with Crippen LogP contribution in [-0.4, -0.2) is 28.5 Å². The number of halogens is 6. The van der Waals surface area contributed by atoms with Crippen LogP contribution in [0.25, 0.3) is 6.08 Å². The molecule has 0 unspecified atom stereocenters. The van der Waals surface area contributed by atoms with E-state index in [9.17, 15) is 27.6 Å². The molecule has 39 heavy (non-hydrogen) atoms. The van der Waals surface area contributed by atoms with Gasteiger partial charge < -0.3 is 10.1 Å². The van der Waals surface area contributed by atoms with Gasteiger partial charge in [-0.3, -0.25) is 19.3 Å². The van der Waals surface area contributed by atoms with E-state index in [0.717, 1.165) is 23.8 Å². The van der Waals surface area contributed by atoms with Crippen LogP contribution in [0.1, 0.15) is 16.7 Å². The molecule has 202 valence electrons. The minimum absolute atomic E-state index is 0.0457. The molecule has 0 radical (unpaired) electrons. The first-order chi connectivity index (χ1) is 18.4. The number of alkyl halides is 3. The van der Waals surface area contributed by atoms with Crippen LogP contribution in [0.2, 0.25) is 10.0 Å². The van der Waals surface area contributed by atoms with Gasteiger partial charge in [-0.1, -0.05) is 51.3 Å². The highest BCUT2D eigenvalue weighted by atomic mass is 79.9. The van der Waals surface area contributed by atoms with Gasteiger partial charge in [0.05, 0.1) is 20.5 Å². The summed E-state index contributed by atoms with van der Waals surface area (Å²) in [5.74, 6) is -1.14. The van der Waals surface area contributed by atoms with Crippen LogP contribution in [-0.2, 0) is 22.4 Å². The fourth-order valence-electron chi connectivity index (χ4n) is 3.45. The Morgan fingerprint density at radius 2 is 1.82 bits per heavy atom. The van der Waals surface area contributed by atoms with E-state index >= 15 is 0 Å². The summed E-state index contributed by atoms with van der Waals surface area (Å²) in [5, 5.41) is 2.37. The first-order valence-electron chi connectivity index (χ1n) is 11.0. The average molecular weight is 660 g/mol. The first-order valence-corrected chi connectivity index (χ1v) is 13.4. The number of carbonyl (C=O) groups is 3. The maximum Gasteiger partial charge on any atom is 0.416 e. The lowest BCUT2D eigenvalue weighted by molar-refractivity contribution is -0.137. The standard InChI is InChI=1S/C26H16BrCl2F3N2O4S/c27-17-5-7-21(38-13-14-4-6-19(28)20(29)8-14)15(9-17)10-22-24(36)34(25(37)39-22)12-23(35)33-18-3-1-2-16(11-18)26(30,31)32/h1-11H,12-13H2,(H,33,35)/b22-10-. The predicted octanol–water partition coefficient (Wildman–Crippen LogP) is 8.03. The Bertz CT molecular complexity index is 1500. The van der Waals surface area contributed by atoms with Crippen LogP contribution in [0.4, 0.5) is 23.7 Å². The number of hydrogen-bond acceptors (Lipinski definition) is 5. The molecule has 1 fully saturated rings. The van der Waals surface area contributed by atoms with Gasteiger partial charge in [0, 0.05) is 15.7 Å². The summed E-state index contributed by atoms with van der Waals surface area (Å²) in [5.41, 5.74) is 0.185. The van der Waals surface area contributed by atoms with Gasteiger partial charge in [0.2, 0.25) is 5.91 Å². The number of amides is 3. The minimum atomic E-state index is -4.59.